The lowest BCUT2D eigenvalue weighted by molar-refractivity contribution is 0.0129. The number of hydrogen-bond donors (Lipinski definition) is 0. The first-order valence-electron chi connectivity index (χ1n) is 10.9. The van der Waals surface area contributed by atoms with Gasteiger partial charge >= 0.3 is 0 Å². The van der Waals surface area contributed by atoms with Crippen LogP contribution in [0, 0.1) is 0 Å². The smallest absolute Gasteiger partial charge is 0.111 e. The SMILES string of the molecule is C1=C(OCCOCCOCCOC2=Cc3ccccc3CC2)CCc2ccccc21. The van der Waals surface area contributed by atoms with Crippen molar-refractivity contribution in [1.82, 2.24) is 0 Å². The molecule has 0 radical (unpaired) electrons. The molecule has 2 aromatic carbocycles. The molecule has 0 N–H and O–H groups in total. The number of hydrogen-bond acceptors (Lipinski definition) is 4. The Hall–Kier alpha value is -2.56. The fourth-order valence-corrected chi connectivity index (χ4v) is 3.83. The second-order valence-corrected chi connectivity index (χ2v) is 7.54. The standard InChI is InChI=1S/C26H30O4/c1-3-7-23-19-25(11-9-21(23)5-1)29-17-15-27-13-14-28-16-18-30-26-12-10-22-6-2-4-8-24(22)20-26/h1-8,19-20H,9-18H2. The monoisotopic (exact) mass is 406 g/mol. The Balaban J connectivity index is 1.02. The quantitative estimate of drug-likeness (QED) is 0.491. The average molecular weight is 407 g/mol. The molecule has 0 unspecified atom stereocenters. The van der Waals surface area contributed by atoms with E-state index in [9.17, 15) is 0 Å². The van der Waals surface area contributed by atoms with Crippen molar-refractivity contribution in [2.45, 2.75) is 25.7 Å². The highest BCUT2D eigenvalue weighted by Crippen LogP contribution is 2.25. The molecule has 30 heavy (non-hydrogen) atoms. The van der Waals surface area contributed by atoms with E-state index in [2.05, 4.69) is 60.7 Å². The van der Waals surface area contributed by atoms with Crippen molar-refractivity contribution < 1.29 is 18.9 Å². The van der Waals surface area contributed by atoms with Gasteiger partial charge in [0.1, 0.15) is 13.2 Å². The van der Waals surface area contributed by atoms with E-state index in [1.54, 1.807) is 0 Å². The first kappa shape index (κ1) is 20.7. The van der Waals surface area contributed by atoms with Crippen LogP contribution in [0.4, 0.5) is 0 Å². The van der Waals surface area contributed by atoms with Gasteiger partial charge in [0.15, 0.2) is 0 Å². The van der Waals surface area contributed by atoms with Gasteiger partial charge in [-0.1, -0.05) is 48.5 Å². The molecule has 0 heterocycles. The number of allylic oxidation sites excluding steroid dienone is 2. The van der Waals surface area contributed by atoms with E-state index in [1.807, 2.05) is 0 Å². The molecule has 2 aromatic rings. The Bertz CT molecular complexity index is 811. The van der Waals surface area contributed by atoms with Gasteiger partial charge in [-0.3, -0.25) is 0 Å². The molecule has 2 aliphatic carbocycles. The van der Waals surface area contributed by atoms with Crippen molar-refractivity contribution in [3.05, 3.63) is 82.3 Å². The third-order valence-corrected chi connectivity index (χ3v) is 5.43. The lowest BCUT2D eigenvalue weighted by Crippen LogP contribution is -2.12. The van der Waals surface area contributed by atoms with Gasteiger partial charge in [-0.15, -0.1) is 0 Å². The van der Waals surface area contributed by atoms with Gasteiger partial charge in [-0.25, -0.2) is 0 Å². The van der Waals surface area contributed by atoms with Gasteiger partial charge in [0, 0.05) is 12.8 Å². The fraction of sp³-hybridized carbons (Fsp3) is 0.385. The van der Waals surface area contributed by atoms with Crippen LogP contribution in [-0.4, -0.2) is 39.6 Å². The number of benzene rings is 2. The van der Waals surface area contributed by atoms with Gasteiger partial charge in [0.25, 0.3) is 0 Å². The second kappa shape index (κ2) is 11.0. The maximum Gasteiger partial charge on any atom is 0.111 e. The molecular weight excluding hydrogens is 376 g/mol. The van der Waals surface area contributed by atoms with Crippen LogP contribution >= 0.6 is 0 Å². The molecule has 4 heteroatoms. The molecule has 0 amide bonds. The molecule has 0 aliphatic heterocycles. The van der Waals surface area contributed by atoms with Gasteiger partial charge in [0.05, 0.1) is 37.9 Å². The second-order valence-electron chi connectivity index (χ2n) is 7.54. The lowest BCUT2D eigenvalue weighted by Gasteiger charge is -2.17. The predicted molar refractivity (Wildman–Crippen MR) is 119 cm³/mol. The Morgan fingerprint density at radius 3 is 1.43 bits per heavy atom. The third-order valence-electron chi connectivity index (χ3n) is 5.43. The predicted octanol–water partition coefficient (Wildman–Crippen LogP) is 5.03. The molecule has 0 saturated heterocycles. The van der Waals surface area contributed by atoms with Crippen molar-refractivity contribution in [2.24, 2.45) is 0 Å². The van der Waals surface area contributed by atoms with E-state index in [0.29, 0.717) is 39.6 Å². The summed E-state index contributed by atoms with van der Waals surface area (Å²) in [5.41, 5.74) is 5.32. The van der Waals surface area contributed by atoms with Gasteiger partial charge in [-0.05, 0) is 47.2 Å². The number of ether oxygens (including phenoxy) is 4. The highest BCUT2D eigenvalue weighted by Gasteiger charge is 2.11. The number of aryl methyl sites for hydroxylation is 2. The van der Waals surface area contributed by atoms with Crippen molar-refractivity contribution in [1.29, 1.82) is 0 Å². The Morgan fingerprint density at radius 1 is 0.500 bits per heavy atom. The summed E-state index contributed by atoms with van der Waals surface area (Å²) in [4.78, 5) is 0. The van der Waals surface area contributed by atoms with E-state index in [4.69, 9.17) is 18.9 Å². The minimum absolute atomic E-state index is 0.571. The molecular formula is C26H30O4. The zero-order valence-electron chi connectivity index (χ0n) is 17.5. The Labute approximate surface area is 179 Å². The summed E-state index contributed by atoms with van der Waals surface area (Å²) >= 11 is 0. The molecule has 4 rings (SSSR count). The van der Waals surface area contributed by atoms with E-state index >= 15 is 0 Å². The zero-order valence-corrected chi connectivity index (χ0v) is 17.5. The summed E-state index contributed by atoms with van der Waals surface area (Å²) in [7, 11) is 0. The van der Waals surface area contributed by atoms with Crippen LogP contribution in [0.25, 0.3) is 12.2 Å². The van der Waals surface area contributed by atoms with Crippen LogP contribution in [0.15, 0.2) is 60.0 Å². The molecule has 0 atom stereocenters. The first-order valence-corrected chi connectivity index (χ1v) is 10.9. The summed E-state index contributed by atoms with van der Waals surface area (Å²) in [5.74, 6) is 2.09. The maximum atomic E-state index is 5.85. The van der Waals surface area contributed by atoms with Crippen LogP contribution in [0.1, 0.15) is 35.1 Å². The topological polar surface area (TPSA) is 36.9 Å². The van der Waals surface area contributed by atoms with Crippen molar-refractivity contribution >= 4 is 12.2 Å². The van der Waals surface area contributed by atoms with Crippen LogP contribution in [0.3, 0.4) is 0 Å². The molecule has 0 aromatic heterocycles. The van der Waals surface area contributed by atoms with E-state index < -0.39 is 0 Å². The maximum absolute atomic E-state index is 5.85. The molecule has 0 bridgehead atoms. The summed E-state index contributed by atoms with van der Waals surface area (Å²) in [6.45, 7) is 3.44. The zero-order chi connectivity index (χ0) is 20.4. The van der Waals surface area contributed by atoms with Crippen molar-refractivity contribution in [2.75, 3.05) is 39.6 Å². The summed E-state index contributed by atoms with van der Waals surface area (Å²) < 4.78 is 22.9. The Morgan fingerprint density at radius 2 is 0.933 bits per heavy atom. The van der Waals surface area contributed by atoms with Gasteiger partial charge in [0.2, 0.25) is 0 Å². The molecule has 0 fully saturated rings. The molecule has 0 spiro atoms. The number of fused-ring (bicyclic) bond motifs is 2. The average Bonchev–Trinajstić information content (AvgIpc) is 2.80. The van der Waals surface area contributed by atoms with Crippen molar-refractivity contribution in [3.63, 3.8) is 0 Å². The van der Waals surface area contributed by atoms with Gasteiger partial charge < -0.3 is 18.9 Å². The summed E-state index contributed by atoms with van der Waals surface area (Å²) in [6, 6.07) is 17.0. The Kier molecular flexibility index (Phi) is 7.59. The largest absolute Gasteiger partial charge is 0.496 e. The molecule has 158 valence electrons. The van der Waals surface area contributed by atoms with E-state index in [-0.39, 0.29) is 0 Å². The fourth-order valence-electron chi connectivity index (χ4n) is 3.83. The minimum atomic E-state index is 0.571. The van der Waals surface area contributed by atoms with Gasteiger partial charge in [-0.2, -0.15) is 0 Å². The van der Waals surface area contributed by atoms with Crippen molar-refractivity contribution in [3.8, 4) is 0 Å². The van der Waals surface area contributed by atoms with Crippen LogP contribution in [0.5, 0.6) is 0 Å². The van der Waals surface area contributed by atoms with E-state index in [1.165, 1.54) is 22.3 Å². The first-order chi connectivity index (χ1) is 14.9. The summed E-state index contributed by atoms with van der Waals surface area (Å²) in [6.07, 6.45) is 8.29. The number of rotatable bonds is 11. The third kappa shape index (κ3) is 5.97. The van der Waals surface area contributed by atoms with Crippen LogP contribution < -0.4 is 0 Å². The highest BCUT2D eigenvalue weighted by atomic mass is 16.6. The molecule has 2 aliphatic rings. The highest BCUT2D eigenvalue weighted by molar-refractivity contribution is 5.58. The normalized spacial score (nSPS) is 14.9. The minimum Gasteiger partial charge on any atom is -0.496 e. The lowest BCUT2D eigenvalue weighted by atomic mass is 9.96. The van der Waals surface area contributed by atoms with Crippen LogP contribution in [0.2, 0.25) is 0 Å². The molecule has 0 saturated carbocycles. The molecule has 4 nitrogen and oxygen atoms in total. The van der Waals surface area contributed by atoms with Crippen LogP contribution in [-0.2, 0) is 31.8 Å². The summed E-state index contributed by atoms with van der Waals surface area (Å²) in [5, 5.41) is 0. The van der Waals surface area contributed by atoms with E-state index in [0.717, 1.165) is 37.2 Å².